The monoisotopic (exact) mass is 370 g/mol. The Labute approximate surface area is 133 Å². The molecule has 4 nitrogen and oxygen atoms in total. The molecule has 20 heavy (non-hydrogen) atoms. The summed E-state index contributed by atoms with van der Waals surface area (Å²) < 4.78 is 6.27. The fourth-order valence-corrected chi connectivity index (χ4v) is 4.35. The number of thioether (sulfide) groups is 2. The molecular formula is C13H11BrN2O2S2. The third kappa shape index (κ3) is 3.10. The molecule has 0 N–H and O–H groups in total. The van der Waals surface area contributed by atoms with E-state index < -0.39 is 0 Å². The molecule has 1 aliphatic heterocycles. The number of carbonyl (C=O) groups is 1. The highest BCUT2D eigenvalue weighted by Crippen LogP contribution is 2.31. The second kappa shape index (κ2) is 6.32. The zero-order valence-electron chi connectivity index (χ0n) is 10.4. The number of rotatable bonds is 4. The van der Waals surface area contributed by atoms with E-state index >= 15 is 0 Å². The molecule has 2 heterocycles. The SMILES string of the molecule is O=C1CSCC1c1nc(CSc2ccccc2Br)no1. The lowest BCUT2D eigenvalue weighted by molar-refractivity contribution is -0.117. The summed E-state index contributed by atoms with van der Waals surface area (Å²) in [4.78, 5) is 17.1. The van der Waals surface area contributed by atoms with Gasteiger partial charge in [0.15, 0.2) is 11.6 Å². The number of nitrogens with zero attached hydrogens (tertiary/aromatic N) is 2. The lowest BCUT2D eigenvalue weighted by atomic mass is 10.1. The highest BCUT2D eigenvalue weighted by Gasteiger charge is 2.31. The molecule has 2 aromatic rings. The molecule has 1 aliphatic rings. The number of hydrogen-bond acceptors (Lipinski definition) is 6. The molecular weight excluding hydrogens is 360 g/mol. The predicted octanol–water partition coefficient (Wildman–Crippen LogP) is 3.52. The van der Waals surface area contributed by atoms with Crippen LogP contribution in [-0.4, -0.2) is 27.4 Å². The Kier molecular flexibility index (Phi) is 4.48. The van der Waals surface area contributed by atoms with E-state index in [1.807, 2.05) is 24.3 Å². The molecule has 1 unspecified atom stereocenters. The Morgan fingerprint density at radius 3 is 3.05 bits per heavy atom. The van der Waals surface area contributed by atoms with Gasteiger partial charge in [-0.3, -0.25) is 4.79 Å². The molecule has 1 aromatic carbocycles. The highest BCUT2D eigenvalue weighted by atomic mass is 79.9. The first kappa shape index (κ1) is 14.2. The number of hydrogen-bond donors (Lipinski definition) is 0. The minimum absolute atomic E-state index is 0.184. The van der Waals surface area contributed by atoms with Crippen LogP contribution < -0.4 is 0 Å². The molecule has 7 heteroatoms. The van der Waals surface area contributed by atoms with Gasteiger partial charge in [-0.1, -0.05) is 17.3 Å². The van der Waals surface area contributed by atoms with Gasteiger partial charge in [0.25, 0.3) is 0 Å². The van der Waals surface area contributed by atoms with Crippen LogP contribution in [0.15, 0.2) is 38.2 Å². The number of aromatic nitrogens is 2. The molecule has 1 aromatic heterocycles. The van der Waals surface area contributed by atoms with Gasteiger partial charge in [-0.2, -0.15) is 16.7 Å². The van der Waals surface area contributed by atoms with Crippen molar-refractivity contribution in [3.05, 3.63) is 40.5 Å². The lowest BCUT2D eigenvalue weighted by Crippen LogP contribution is -2.09. The molecule has 0 aliphatic carbocycles. The Morgan fingerprint density at radius 1 is 1.45 bits per heavy atom. The molecule has 0 bridgehead atoms. The average Bonchev–Trinajstić information content (AvgIpc) is 3.06. The van der Waals surface area contributed by atoms with Crippen LogP contribution in [0.2, 0.25) is 0 Å². The molecule has 0 spiro atoms. The molecule has 0 amide bonds. The van der Waals surface area contributed by atoms with Crippen molar-refractivity contribution >= 4 is 45.2 Å². The summed E-state index contributed by atoms with van der Waals surface area (Å²) in [5.41, 5.74) is 0. The first-order valence-corrected chi connectivity index (χ1v) is 8.97. The van der Waals surface area contributed by atoms with Crippen molar-refractivity contribution in [3.63, 3.8) is 0 Å². The average molecular weight is 371 g/mol. The van der Waals surface area contributed by atoms with Gasteiger partial charge in [0, 0.05) is 15.1 Å². The first-order valence-electron chi connectivity index (χ1n) is 6.04. The van der Waals surface area contributed by atoms with Gasteiger partial charge in [-0.05, 0) is 28.1 Å². The van der Waals surface area contributed by atoms with E-state index in [9.17, 15) is 4.79 Å². The highest BCUT2D eigenvalue weighted by molar-refractivity contribution is 9.10. The summed E-state index contributed by atoms with van der Waals surface area (Å²) in [6, 6.07) is 8.00. The third-order valence-corrected chi connectivity index (χ3v) is 5.97. The van der Waals surface area contributed by atoms with Gasteiger partial charge >= 0.3 is 0 Å². The fraction of sp³-hybridized carbons (Fsp3) is 0.308. The van der Waals surface area contributed by atoms with Crippen molar-refractivity contribution in [1.82, 2.24) is 10.1 Å². The van der Waals surface area contributed by atoms with Gasteiger partial charge in [-0.15, -0.1) is 11.8 Å². The number of Topliss-reactive ketones (excluding diaryl/α,β-unsaturated/α-hetero) is 1. The van der Waals surface area contributed by atoms with Crippen LogP contribution in [0.1, 0.15) is 17.6 Å². The molecule has 3 rings (SSSR count). The van der Waals surface area contributed by atoms with Crippen LogP contribution in [-0.2, 0) is 10.5 Å². The zero-order valence-corrected chi connectivity index (χ0v) is 13.6. The van der Waals surface area contributed by atoms with Crippen LogP contribution in [0.25, 0.3) is 0 Å². The van der Waals surface area contributed by atoms with Gasteiger partial charge in [0.1, 0.15) is 5.92 Å². The van der Waals surface area contributed by atoms with Gasteiger partial charge in [-0.25, -0.2) is 0 Å². The van der Waals surface area contributed by atoms with Crippen LogP contribution in [0, 0.1) is 0 Å². The molecule has 1 fully saturated rings. The van der Waals surface area contributed by atoms with Crippen molar-refractivity contribution in [3.8, 4) is 0 Å². The van der Waals surface area contributed by atoms with E-state index in [1.54, 1.807) is 23.5 Å². The quantitative estimate of drug-likeness (QED) is 0.767. The first-order chi connectivity index (χ1) is 9.74. The van der Waals surface area contributed by atoms with E-state index in [0.717, 1.165) is 15.1 Å². The summed E-state index contributed by atoms with van der Waals surface area (Å²) in [6.07, 6.45) is 0. The molecule has 1 saturated heterocycles. The van der Waals surface area contributed by atoms with E-state index in [0.29, 0.717) is 23.2 Å². The maximum absolute atomic E-state index is 11.6. The van der Waals surface area contributed by atoms with Crippen molar-refractivity contribution in [1.29, 1.82) is 0 Å². The number of benzene rings is 1. The van der Waals surface area contributed by atoms with Crippen LogP contribution >= 0.6 is 39.5 Å². The Balaban J connectivity index is 1.66. The minimum atomic E-state index is -0.213. The van der Waals surface area contributed by atoms with Gasteiger partial charge < -0.3 is 4.52 Å². The number of carbonyl (C=O) groups excluding carboxylic acids is 1. The van der Waals surface area contributed by atoms with Crippen LogP contribution in [0.4, 0.5) is 0 Å². The van der Waals surface area contributed by atoms with E-state index in [1.165, 1.54) is 0 Å². The second-order valence-electron chi connectivity index (χ2n) is 4.30. The van der Waals surface area contributed by atoms with E-state index in [4.69, 9.17) is 4.52 Å². The summed E-state index contributed by atoms with van der Waals surface area (Å²) in [5, 5.41) is 3.96. The molecule has 1 atom stereocenters. The van der Waals surface area contributed by atoms with Crippen LogP contribution in [0.5, 0.6) is 0 Å². The zero-order chi connectivity index (χ0) is 13.9. The summed E-state index contributed by atoms with van der Waals surface area (Å²) in [5.74, 6) is 2.98. The topological polar surface area (TPSA) is 56.0 Å². The molecule has 0 saturated carbocycles. The smallest absolute Gasteiger partial charge is 0.238 e. The van der Waals surface area contributed by atoms with Crippen molar-refractivity contribution in [2.24, 2.45) is 0 Å². The minimum Gasteiger partial charge on any atom is -0.338 e. The van der Waals surface area contributed by atoms with Gasteiger partial charge in [0.05, 0.1) is 11.5 Å². The Bertz CT molecular complexity index is 632. The number of halogens is 1. The standard InChI is InChI=1S/C13H11BrN2O2S2/c14-9-3-1-2-4-11(9)20-7-12-15-13(18-16-12)8-5-19-6-10(8)17/h1-4,8H,5-7H2. The summed E-state index contributed by atoms with van der Waals surface area (Å²) in [6.45, 7) is 0. The van der Waals surface area contributed by atoms with Crippen molar-refractivity contribution in [2.45, 2.75) is 16.6 Å². The second-order valence-corrected chi connectivity index (χ2v) is 7.20. The Morgan fingerprint density at radius 2 is 2.30 bits per heavy atom. The van der Waals surface area contributed by atoms with Crippen LogP contribution in [0.3, 0.4) is 0 Å². The molecule has 104 valence electrons. The molecule has 0 radical (unpaired) electrons. The largest absolute Gasteiger partial charge is 0.338 e. The fourth-order valence-electron chi connectivity index (χ4n) is 1.85. The van der Waals surface area contributed by atoms with Crippen molar-refractivity contribution < 1.29 is 9.32 Å². The van der Waals surface area contributed by atoms with E-state index in [2.05, 4.69) is 26.1 Å². The normalized spacial score (nSPS) is 18.6. The van der Waals surface area contributed by atoms with Gasteiger partial charge in [0.2, 0.25) is 5.89 Å². The summed E-state index contributed by atoms with van der Waals surface area (Å²) >= 11 is 6.76. The predicted molar refractivity (Wildman–Crippen MR) is 83.1 cm³/mol. The number of ketones is 1. The summed E-state index contributed by atoms with van der Waals surface area (Å²) in [7, 11) is 0. The Hall–Kier alpha value is -0.790. The lowest BCUT2D eigenvalue weighted by Gasteiger charge is -2.00. The maximum atomic E-state index is 11.6. The van der Waals surface area contributed by atoms with Crippen molar-refractivity contribution in [2.75, 3.05) is 11.5 Å². The van der Waals surface area contributed by atoms with E-state index in [-0.39, 0.29) is 11.7 Å². The maximum Gasteiger partial charge on any atom is 0.238 e. The third-order valence-electron chi connectivity index (χ3n) is 2.89.